The van der Waals surface area contributed by atoms with Crippen molar-refractivity contribution in [2.45, 2.75) is 13.3 Å². The number of anilines is 1. The molecule has 7 nitrogen and oxygen atoms in total. The van der Waals surface area contributed by atoms with Crippen LogP contribution >= 0.6 is 0 Å². The predicted octanol–water partition coefficient (Wildman–Crippen LogP) is 0.654. The molecule has 0 saturated heterocycles. The van der Waals surface area contributed by atoms with Crippen molar-refractivity contribution in [1.29, 1.82) is 0 Å². The van der Waals surface area contributed by atoms with Crippen molar-refractivity contribution < 1.29 is 24.2 Å². The third-order valence-corrected chi connectivity index (χ3v) is 3.41. The fraction of sp³-hybridized carbons (Fsp3) is 0.400. The van der Waals surface area contributed by atoms with E-state index in [-0.39, 0.29) is 32.0 Å². The van der Waals surface area contributed by atoms with Crippen molar-refractivity contribution in [1.82, 2.24) is 4.90 Å². The molecule has 1 amide bonds. The molecular weight excluding hydrogens is 288 g/mol. The van der Waals surface area contributed by atoms with E-state index >= 15 is 0 Å². The van der Waals surface area contributed by atoms with Gasteiger partial charge in [0.1, 0.15) is 6.54 Å². The number of carbonyl (C=O) groups excluding carboxylic acids is 2. The highest BCUT2D eigenvalue weighted by molar-refractivity contribution is 5.89. The molecule has 0 aromatic heterocycles. The van der Waals surface area contributed by atoms with Crippen molar-refractivity contribution in [3.05, 3.63) is 23.8 Å². The summed E-state index contributed by atoms with van der Waals surface area (Å²) in [6, 6.07) is 5.43. The number of carboxylic acid groups (broad SMARTS) is 1. The van der Waals surface area contributed by atoms with Gasteiger partial charge in [-0.3, -0.25) is 9.59 Å². The maximum absolute atomic E-state index is 12.1. The lowest BCUT2D eigenvalue weighted by atomic mass is 10.1. The van der Waals surface area contributed by atoms with Crippen molar-refractivity contribution in [2.75, 3.05) is 31.6 Å². The lowest BCUT2D eigenvalue weighted by molar-refractivity contribution is -0.138. The number of likely N-dealkylation sites (N-methyl/N-ethyl adjacent to an activating group) is 1. The Morgan fingerprint density at radius 1 is 1.41 bits per heavy atom. The van der Waals surface area contributed by atoms with Crippen LogP contribution in [0, 0.1) is 6.92 Å². The van der Waals surface area contributed by atoms with Crippen molar-refractivity contribution >= 4 is 23.5 Å². The Kier molecular flexibility index (Phi) is 4.65. The van der Waals surface area contributed by atoms with Gasteiger partial charge in [-0.1, -0.05) is 6.07 Å². The molecule has 0 bridgehead atoms. The van der Waals surface area contributed by atoms with Crippen LogP contribution in [0.2, 0.25) is 0 Å². The fourth-order valence-electron chi connectivity index (χ4n) is 2.17. The Bertz CT molecular complexity index is 614. The molecule has 0 spiro atoms. The van der Waals surface area contributed by atoms with Crippen LogP contribution in [0.15, 0.2) is 18.2 Å². The number of carbonyl (C=O) groups is 3. The van der Waals surface area contributed by atoms with Crippen LogP contribution in [0.25, 0.3) is 0 Å². The molecule has 0 unspecified atom stereocenters. The van der Waals surface area contributed by atoms with E-state index in [0.29, 0.717) is 11.4 Å². The number of aryl methyl sites for hydroxylation is 1. The largest absolute Gasteiger partial charge is 0.481 e. The predicted molar refractivity (Wildman–Crippen MR) is 78.9 cm³/mol. The van der Waals surface area contributed by atoms with Gasteiger partial charge in [0.2, 0.25) is 5.91 Å². The number of esters is 1. The molecule has 1 aromatic rings. The van der Waals surface area contributed by atoms with Gasteiger partial charge in [-0.15, -0.1) is 0 Å². The van der Waals surface area contributed by atoms with E-state index in [0.717, 1.165) is 5.56 Å². The van der Waals surface area contributed by atoms with Gasteiger partial charge in [0.25, 0.3) is 0 Å². The van der Waals surface area contributed by atoms with E-state index in [9.17, 15) is 14.4 Å². The topological polar surface area (TPSA) is 87.2 Å². The highest BCUT2D eigenvalue weighted by Gasteiger charge is 2.26. The Morgan fingerprint density at radius 3 is 2.82 bits per heavy atom. The van der Waals surface area contributed by atoms with Crippen molar-refractivity contribution in [3.63, 3.8) is 0 Å². The molecule has 1 N–H and O–H groups in total. The van der Waals surface area contributed by atoms with Crippen LogP contribution < -0.4 is 9.64 Å². The first-order valence-corrected chi connectivity index (χ1v) is 6.89. The number of amides is 1. The second-order valence-corrected chi connectivity index (χ2v) is 5.26. The number of carboxylic acids is 1. The van der Waals surface area contributed by atoms with Crippen molar-refractivity contribution in [3.8, 4) is 5.75 Å². The summed E-state index contributed by atoms with van der Waals surface area (Å²) in [4.78, 5) is 37.3. The zero-order valence-electron chi connectivity index (χ0n) is 12.5. The molecular formula is C15H18N2O5. The molecule has 1 aromatic carbocycles. The molecule has 2 rings (SSSR count). The van der Waals surface area contributed by atoms with E-state index in [1.165, 1.54) is 4.90 Å². The average molecular weight is 306 g/mol. The Morgan fingerprint density at radius 2 is 2.14 bits per heavy atom. The molecule has 7 heteroatoms. The van der Waals surface area contributed by atoms with E-state index in [1.807, 2.05) is 19.1 Å². The summed E-state index contributed by atoms with van der Waals surface area (Å²) in [5, 5.41) is 8.65. The van der Waals surface area contributed by atoms with Crippen molar-refractivity contribution in [2.24, 2.45) is 0 Å². The number of fused-ring (bicyclic) bond motifs is 1. The summed E-state index contributed by atoms with van der Waals surface area (Å²) >= 11 is 0. The Hall–Kier alpha value is -2.57. The quantitative estimate of drug-likeness (QED) is 0.635. The standard InChI is InChI=1S/C15H18N2O5/c1-10-3-4-11-12(7-10)22-15(21)9-17(11)8-13(18)16(2)6-5-14(19)20/h3-4,7H,5-6,8-9H2,1-2H3,(H,19,20). The highest BCUT2D eigenvalue weighted by Crippen LogP contribution is 2.32. The number of hydrogen-bond donors (Lipinski definition) is 1. The SMILES string of the molecule is Cc1ccc2c(c1)OC(=O)CN2CC(=O)N(C)CCC(=O)O. The van der Waals surface area contributed by atoms with Gasteiger partial charge < -0.3 is 19.6 Å². The summed E-state index contributed by atoms with van der Waals surface area (Å²) in [7, 11) is 1.55. The van der Waals surface area contributed by atoms with Gasteiger partial charge in [-0.2, -0.15) is 0 Å². The number of rotatable bonds is 5. The van der Waals surface area contributed by atoms with Crippen LogP contribution in [0.5, 0.6) is 5.75 Å². The maximum Gasteiger partial charge on any atom is 0.331 e. The first kappa shape index (κ1) is 15.8. The van der Waals surface area contributed by atoms with E-state index in [4.69, 9.17) is 9.84 Å². The minimum atomic E-state index is -0.956. The normalized spacial score (nSPS) is 13.4. The second kappa shape index (κ2) is 6.46. The number of benzene rings is 1. The van der Waals surface area contributed by atoms with E-state index < -0.39 is 11.9 Å². The first-order chi connectivity index (χ1) is 10.4. The van der Waals surface area contributed by atoms with Gasteiger partial charge in [-0.25, -0.2) is 4.79 Å². The summed E-state index contributed by atoms with van der Waals surface area (Å²) in [5.41, 5.74) is 1.64. The molecule has 0 radical (unpaired) electrons. The highest BCUT2D eigenvalue weighted by atomic mass is 16.5. The zero-order valence-corrected chi connectivity index (χ0v) is 12.5. The summed E-state index contributed by atoms with van der Waals surface area (Å²) < 4.78 is 5.18. The molecule has 118 valence electrons. The lowest BCUT2D eigenvalue weighted by Crippen LogP contribution is -2.44. The number of aliphatic carboxylic acids is 1. The van der Waals surface area contributed by atoms with Crippen LogP contribution in [0.3, 0.4) is 0 Å². The number of hydrogen-bond acceptors (Lipinski definition) is 5. The average Bonchev–Trinajstić information content (AvgIpc) is 2.43. The Labute approximate surface area is 128 Å². The molecule has 22 heavy (non-hydrogen) atoms. The van der Waals surface area contributed by atoms with Gasteiger partial charge >= 0.3 is 11.9 Å². The fourth-order valence-corrected chi connectivity index (χ4v) is 2.17. The summed E-state index contributed by atoms with van der Waals surface area (Å²) in [5.74, 6) is -1.18. The van der Waals surface area contributed by atoms with Crippen LogP contribution in [-0.2, 0) is 14.4 Å². The molecule has 1 aliphatic heterocycles. The van der Waals surface area contributed by atoms with Gasteiger partial charge in [0.05, 0.1) is 18.7 Å². The van der Waals surface area contributed by atoms with Gasteiger partial charge in [0, 0.05) is 13.6 Å². The zero-order chi connectivity index (χ0) is 16.3. The first-order valence-electron chi connectivity index (χ1n) is 6.89. The number of nitrogens with zero attached hydrogens (tertiary/aromatic N) is 2. The minimum Gasteiger partial charge on any atom is -0.481 e. The van der Waals surface area contributed by atoms with Crippen LogP contribution in [-0.4, -0.2) is 54.5 Å². The third-order valence-electron chi connectivity index (χ3n) is 3.41. The Balaban J connectivity index is 2.08. The van der Waals surface area contributed by atoms with E-state index in [2.05, 4.69) is 0 Å². The van der Waals surface area contributed by atoms with E-state index in [1.54, 1.807) is 18.0 Å². The molecule has 0 saturated carbocycles. The molecule has 0 fully saturated rings. The molecule has 0 atom stereocenters. The maximum atomic E-state index is 12.1. The molecule has 1 heterocycles. The monoisotopic (exact) mass is 306 g/mol. The lowest BCUT2D eigenvalue weighted by Gasteiger charge is -2.30. The second-order valence-electron chi connectivity index (χ2n) is 5.26. The van der Waals surface area contributed by atoms with Gasteiger partial charge in [-0.05, 0) is 24.6 Å². The summed E-state index contributed by atoms with van der Waals surface area (Å²) in [6.07, 6.45) is -0.111. The smallest absolute Gasteiger partial charge is 0.331 e. The minimum absolute atomic E-state index is 0.00127. The van der Waals surface area contributed by atoms with Gasteiger partial charge in [0.15, 0.2) is 5.75 Å². The number of ether oxygens (including phenoxy) is 1. The summed E-state index contributed by atoms with van der Waals surface area (Å²) in [6.45, 7) is 2.01. The van der Waals surface area contributed by atoms with Crippen LogP contribution in [0.4, 0.5) is 5.69 Å². The van der Waals surface area contributed by atoms with Crippen LogP contribution in [0.1, 0.15) is 12.0 Å². The molecule has 0 aliphatic carbocycles. The molecule has 1 aliphatic rings. The third kappa shape index (κ3) is 3.75.